The molecule has 0 saturated carbocycles. The van der Waals surface area contributed by atoms with Crippen molar-refractivity contribution in [3.63, 3.8) is 0 Å². The second-order valence-corrected chi connectivity index (χ2v) is 5.75. The summed E-state index contributed by atoms with van der Waals surface area (Å²) in [6.07, 6.45) is 0. The largest absolute Gasteiger partial charge is 0.484 e. The Bertz CT molecular complexity index is 496. The maximum atomic E-state index is 12.2. The minimum atomic E-state index is -0.0167. The highest BCUT2D eigenvalue weighted by Gasteiger charge is 2.28. The Hall–Kier alpha value is -0.970. The summed E-state index contributed by atoms with van der Waals surface area (Å²) in [4.78, 5) is 14.0. The molecule has 110 valence electrons. The van der Waals surface area contributed by atoms with Crippen molar-refractivity contribution in [2.24, 2.45) is 0 Å². The minimum absolute atomic E-state index is 0.00895. The van der Waals surface area contributed by atoms with E-state index >= 15 is 0 Å². The third-order valence-electron chi connectivity index (χ3n) is 3.61. The molecule has 20 heavy (non-hydrogen) atoms. The van der Waals surface area contributed by atoms with Gasteiger partial charge in [-0.05, 0) is 26.0 Å². The lowest BCUT2D eigenvalue weighted by Gasteiger charge is -2.38. The van der Waals surface area contributed by atoms with E-state index in [1.807, 2.05) is 11.8 Å². The summed E-state index contributed by atoms with van der Waals surface area (Å²) in [6.45, 7) is 5.63. The Morgan fingerprint density at radius 1 is 1.40 bits per heavy atom. The van der Waals surface area contributed by atoms with Gasteiger partial charge in [0.15, 0.2) is 6.61 Å². The predicted octanol–water partition coefficient (Wildman–Crippen LogP) is 2.58. The first-order valence-electron chi connectivity index (χ1n) is 6.59. The third-order valence-corrected chi connectivity index (χ3v) is 4.35. The zero-order valence-electron chi connectivity index (χ0n) is 11.5. The van der Waals surface area contributed by atoms with E-state index in [-0.39, 0.29) is 24.6 Å². The summed E-state index contributed by atoms with van der Waals surface area (Å²) in [5, 5.41) is 4.22. The molecule has 0 radical (unpaired) electrons. The SMILES string of the molecule is CC1NCCN(C(=O)COc2ccc(Cl)c(Cl)c2)C1C. The van der Waals surface area contributed by atoms with Crippen LogP contribution in [0.2, 0.25) is 10.0 Å². The van der Waals surface area contributed by atoms with Gasteiger partial charge < -0.3 is 15.0 Å². The van der Waals surface area contributed by atoms with E-state index in [0.717, 1.165) is 6.54 Å². The molecular formula is C14H18Cl2N2O2. The lowest BCUT2D eigenvalue weighted by Crippen LogP contribution is -2.58. The monoisotopic (exact) mass is 316 g/mol. The van der Waals surface area contributed by atoms with Crippen LogP contribution in [0.15, 0.2) is 18.2 Å². The molecule has 1 aromatic carbocycles. The Morgan fingerprint density at radius 3 is 2.85 bits per heavy atom. The van der Waals surface area contributed by atoms with Crippen molar-refractivity contribution in [3.8, 4) is 5.75 Å². The molecule has 2 atom stereocenters. The lowest BCUT2D eigenvalue weighted by molar-refractivity contribution is -0.137. The van der Waals surface area contributed by atoms with Crippen LogP contribution in [0.1, 0.15) is 13.8 Å². The van der Waals surface area contributed by atoms with Gasteiger partial charge in [-0.3, -0.25) is 4.79 Å². The molecule has 4 nitrogen and oxygen atoms in total. The normalized spacial score (nSPS) is 22.7. The quantitative estimate of drug-likeness (QED) is 0.932. The maximum Gasteiger partial charge on any atom is 0.260 e. The van der Waals surface area contributed by atoms with Gasteiger partial charge in [0, 0.05) is 31.2 Å². The van der Waals surface area contributed by atoms with Crippen LogP contribution in [-0.4, -0.2) is 42.6 Å². The van der Waals surface area contributed by atoms with Gasteiger partial charge in [-0.2, -0.15) is 0 Å². The van der Waals surface area contributed by atoms with Crippen LogP contribution >= 0.6 is 23.2 Å². The second-order valence-electron chi connectivity index (χ2n) is 4.94. The highest BCUT2D eigenvalue weighted by molar-refractivity contribution is 6.42. The van der Waals surface area contributed by atoms with Crippen molar-refractivity contribution in [3.05, 3.63) is 28.2 Å². The van der Waals surface area contributed by atoms with Crippen molar-refractivity contribution in [2.75, 3.05) is 19.7 Å². The zero-order chi connectivity index (χ0) is 14.7. The van der Waals surface area contributed by atoms with Gasteiger partial charge >= 0.3 is 0 Å². The predicted molar refractivity (Wildman–Crippen MR) is 80.6 cm³/mol. The van der Waals surface area contributed by atoms with E-state index in [9.17, 15) is 4.79 Å². The average molecular weight is 317 g/mol. The molecule has 2 unspecified atom stereocenters. The van der Waals surface area contributed by atoms with Gasteiger partial charge in [-0.15, -0.1) is 0 Å². The van der Waals surface area contributed by atoms with E-state index in [0.29, 0.717) is 22.3 Å². The number of benzene rings is 1. The number of carbonyl (C=O) groups is 1. The Balaban J connectivity index is 1.93. The van der Waals surface area contributed by atoms with E-state index < -0.39 is 0 Å². The fourth-order valence-corrected chi connectivity index (χ4v) is 2.49. The molecule has 1 aliphatic rings. The number of piperazine rings is 1. The van der Waals surface area contributed by atoms with Crippen molar-refractivity contribution >= 4 is 29.1 Å². The van der Waals surface area contributed by atoms with Crippen LogP contribution in [-0.2, 0) is 4.79 Å². The van der Waals surface area contributed by atoms with E-state index in [4.69, 9.17) is 27.9 Å². The molecule has 1 saturated heterocycles. The van der Waals surface area contributed by atoms with Gasteiger partial charge in [-0.25, -0.2) is 0 Å². The first kappa shape index (κ1) is 15.4. The molecule has 1 aliphatic heterocycles. The molecule has 1 aromatic rings. The van der Waals surface area contributed by atoms with Crippen molar-refractivity contribution in [2.45, 2.75) is 25.9 Å². The molecular weight excluding hydrogens is 299 g/mol. The molecule has 1 fully saturated rings. The van der Waals surface area contributed by atoms with Crippen LogP contribution < -0.4 is 10.1 Å². The van der Waals surface area contributed by atoms with Crippen LogP contribution in [0, 0.1) is 0 Å². The fourth-order valence-electron chi connectivity index (χ4n) is 2.20. The molecule has 0 bridgehead atoms. The Kier molecular flexibility index (Phi) is 5.13. The fraction of sp³-hybridized carbons (Fsp3) is 0.500. The number of ether oxygens (including phenoxy) is 1. The van der Waals surface area contributed by atoms with E-state index in [1.165, 1.54) is 0 Å². The summed E-state index contributed by atoms with van der Waals surface area (Å²) in [6, 6.07) is 5.41. The van der Waals surface area contributed by atoms with E-state index in [2.05, 4.69) is 12.2 Å². The van der Waals surface area contributed by atoms with Gasteiger partial charge in [0.25, 0.3) is 5.91 Å². The van der Waals surface area contributed by atoms with Crippen LogP contribution in [0.4, 0.5) is 0 Å². The number of nitrogens with zero attached hydrogens (tertiary/aromatic N) is 1. The van der Waals surface area contributed by atoms with Gasteiger partial charge in [0.1, 0.15) is 5.75 Å². The number of rotatable bonds is 3. The highest BCUT2D eigenvalue weighted by Crippen LogP contribution is 2.26. The van der Waals surface area contributed by atoms with Gasteiger partial charge in [0.05, 0.1) is 10.0 Å². The van der Waals surface area contributed by atoms with Crippen molar-refractivity contribution in [1.29, 1.82) is 0 Å². The Labute approximate surface area is 129 Å². The molecule has 0 spiro atoms. The molecule has 2 rings (SSSR count). The summed E-state index contributed by atoms with van der Waals surface area (Å²) in [7, 11) is 0. The topological polar surface area (TPSA) is 41.6 Å². The van der Waals surface area contributed by atoms with Gasteiger partial charge in [-0.1, -0.05) is 23.2 Å². The molecule has 1 N–H and O–H groups in total. The zero-order valence-corrected chi connectivity index (χ0v) is 13.0. The number of halogens is 2. The number of carbonyl (C=O) groups excluding carboxylic acids is 1. The molecule has 1 amide bonds. The van der Waals surface area contributed by atoms with Gasteiger partial charge in [0.2, 0.25) is 0 Å². The first-order valence-corrected chi connectivity index (χ1v) is 7.35. The maximum absolute atomic E-state index is 12.2. The standard InChI is InChI=1S/C14H18Cl2N2O2/c1-9-10(2)18(6-5-17-9)14(19)8-20-11-3-4-12(15)13(16)7-11/h3-4,7,9-10,17H,5-6,8H2,1-2H3. The number of hydrogen-bond acceptors (Lipinski definition) is 3. The smallest absolute Gasteiger partial charge is 0.260 e. The summed E-state index contributed by atoms with van der Waals surface area (Å²) in [5.41, 5.74) is 0. The third kappa shape index (κ3) is 3.57. The lowest BCUT2D eigenvalue weighted by atomic mass is 10.1. The summed E-state index contributed by atoms with van der Waals surface area (Å²) >= 11 is 11.7. The second kappa shape index (κ2) is 6.66. The summed E-state index contributed by atoms with van der Waals surface area (Å²) in [5.74, 6) is 0.528. The number of amides is 1. The molecule has 1 heterocycles. The summed E-state index contributed by atoms with van der Waals surface area (Å²) < 4.78 is 5.49. The van der Waals surface area contributed by atoms with Crippen molar-refractivity contribution < 1.29 is 9.53 Å². The van der Waals surface area contributed by atoms with Crippen molar-refractivity contribution in [1.82, 2.24) is 10.2 Å². The van der Waals surface area contributed by atoms with Crippen LogP contribution in [0.3, 0.4) is 0 Å². The van der Waals surface area contributed by atoms with Crippen LogP contribution in [0.5, 0.6) is 5.75 Å². The molecule has 0 aromatic heterocycles. The first-order chi connectivity index (χ1) is 9.49. The van der Waals surface area contributed by atoms with Crippen LogP contribution in [0.25, 0.3) is 0 Å². The molecule has 6 heteroatoms. The highest BCUT2D eigenvalue weighted by atomic mass is 35.5. The average Bonchev–Trinajstić information content (AvgIpc) is 2.43. The molecule has 0 aliphatic carbocycles. The van der Waals surface area contributed by atoms with E-state index in [1.54, 1.807) is 18.2 Å². The Morgan fingerprint density at radius 2 is 2.15 bits per heavy atom. The number of nitrogens with one attached hydrogen (secondary N) is 1. The number of hydrogen-bond donors (Lipinski definition) is 1. The minimum Gasteiger partial charge on any atom is -0.484 e.